The molecular weight excluding hydrogens is 431 g/mol. The predicted molar refractivity (Wildman–Crippen MR) is 104 cm³/mol. The highest BCUT2D eigenvalue weighted by molar-refractivity contribution is 9.10. The van der Waals surface area contributed by atoms with Gasteiger partial charge in [-0.15, -0.1) is 10.2 Å². The van der Waals surface area contributed by atoms with Crippen LogP contribution >= 0.6 is 27.7 Å². The van der Waals surface area contributed by atoms with Crippen LogP contribution in [0, 0.1) is 5.82 Å². The van der Waals surface area contributed by atoms with E-state index < -0.39 is 0 Å². The zero-order valence-electron chi connectivity index (χ0n) is 13.8. The van der Waals surface area contributed by atoms with Gasteiger partial charge in [-0.25, -0.2) is 4.39 Å². The van der Waals surface area contributed by atoms with Crippen LogP contribution in [-0.4, -0.2) is 20.3 Å². The summed E-state index contributed by atoms with van der Waals surface area (Å²) >= 11 is 4.90. The molecule has 0 aliphatic rings. The fourth-order valence-electron chi connectivity index (χ4n) is 2.41. The molecule has 0 saturated carbocycles. The van der Waals surface area contributed by atoms with Crippen molar-refractivity contribution in [2.24, 2.45) is 0 Å². The fourth-order valence-corrected chi connectivity index (χ4v) is 3.52. The minimum absolute atomic E-state index is 0.322. The average Bonchev–Trinajstić information content (AvgIpc) is 3.16. The van der Waals surface area contributed by atoms with E-state index in [1.165, 1.54) is 17.8 Å². The van der Waals surface area contributed by atoms with Crippen molar-refractivity contribution in [1.29, 1.82) is 0 Å². The topological polar surface area (TPSA) is 64.7 Å². The molecule has 2 aromatic carbocycles. The van der Waals surface area contributed by atoms with Crippen molar-refractivity contribution in [3.63, 3.8) is 0 Å². The van der Waals surface area contributed by atoms with Gasteiger partial charge in [-0.05, 0) is 36.4 Å². The summed E-state index contributed by atoms with van der Waals surface area (Å²) < 4.78 is 20.0. The molecule has 8 heteroatoms. The first-order valence-electron chi connectivity index (χ1n) is 7.99. The largest absolute Gasteiger partial charge is 0.338 e. The van der Waals surface area contributed by atoms with Crippen LogP contribution in [0.3, 0.4) is 0 Å². The van der Waals surface area contributed by atoms with Gasteiger partial charge in [0, 0.05) is 15.6 Å². The first-order chi connectivity index (χ1) is 13.2. The monoisotopic (exact) mass is 442 g/mol. The van der Waals surface area contributed by atoms with Crippen LogP contribution in [0.4, 0.5) is 4.39 Å². The smallest absolute Gasteiger partial charge is 0.237 e. The third-order valence-corrected chi connectivity index (χ3v) is 5.31. The molecule has 0 bridgehead atoms. The van der Waals surface area contributed by atoms with Crippen LogP contribution in [0.2, 0.25) is 0 Å². The van der Waals surface area contributed by atoms with Crippen molar-refractivity contribution in [2.45, 2.75) is 10.8 Å². The summed E-state index contributed by atoms with van der Waals surface area (Å²) in [5.41, 5.74) is 1.79. The molecule has 0 aliphatic heterocycles. The lowest BCUT2D eigenvalue weighted by Crippen LogP contribution is -1.92. The summed E-state index contributed by atoms with van der Waals surface area (Å²) in [4.78, 5) is 4.41. The molecule has 0 aliphatic carbocycles. The lowest BCUT2D eigenvalue weighted by Gasteiger charge is -2.02. The van der Waals surface area contributed by atoms with Gasteiger partial charge in [0.05, 0.1) is 11.4 Å². The van der Waals surface area contributed by atoms with Gasteiger partial charge >= 0.3 is 0 Å². The Labute approximate surface area is 167 Å². The summed E-state index contributed by atoms with van der Waals surface area (Å²) in [5, 5.41) is 12.9. The van der Waals surface area contributed by atoms with Gasteiger partial charge in [-0.2, -0.15) is 4.98 Å². The second-order valence-corrected chi connectivity index (χ2v) is 7.37. The highest BCUT2D eigenvalue weighted by Crippen LogP contribution is 2.27. The minimum atomic E-state index is -0.322. The molecule has 4 rings (SSSR count). The molecular formula is C19H12BrFN4OS. The van der Waals surface area contributed by atoms with E-state index in [9.17, 15) is 4.39 Å². The predicted octanol–water partition coefficient (Wildman–Crippen LogP) is 5.39. The van der Waals surface area contributed by atoms with Gasteiger partial charge in [-0.1, -0.05) is 57.1 Å². The van der Waals surface area contributed by atoms with E-state index in [0.717, 1.165) is 10.0 Å². The van der Waals surface area contributed by atoms with Gasteiger partial charge in [0.15, 0.2) is 0 Å². The Morgan fingerprint density at radius 2 is 1.70 bits per heavy atom. The second-order valence-electron chi connectivity index (χ2n) is 5.52. The zero-order chi connectivity index (χ0) is 18.6. The van der Waals surface area contributed by atoms with Crippen molar-refractivity contribution in [3.8, 4) is 22.6 Å². The first-order valence-corrected chi connectivity index (χ1v) is 9.77. The summed E-state index contributed by atoms with van der Waals surface area (Å²) in [7, 11) is 0. The number of halogens is 2. The molecule has 2 aromatic heterocycles. The number of aromatic nitrogens is 4. The molecule has 27 heavy (non-hydrogen) atoms. The SMILES string of the molecule is Fc1ccccc1-c1ccc(SCc2nc(-c3ccccc3Br)no2)nn1. The lowest BCUT2D eigenvalue weighted by molar-refractivity contribution is 0.391. The Balaban J connectivity index is 1.44. The average molecular weight is 443 g/mol. The molecule has 2 heterocycles. The molecule has 0 amide bonds. The van der Waals surface area contributed by atoms with E-state index in [4.69, 9.17) is 4.52 Å². The van der Waals surface area contributed by atoms with Crippen LogP contribution in [-0.2, 0) is 5.75 Å². The molecule has 0 fully saturated rings. The van der Waals surface area contributed by atoms with Crippen molar-refractivity contribution >= 4 is 27.7 Å². The van der Waals surface area contributed by atoms with Gasteiger partial charge < -0.3 is 4.52 Å². The van der Waals surface area contributed by atoms with E-state index in [0.29, 0.717) is 33.8 Å². The second kappa shape index (κ2) is 7.98. The van der Waals surface area contributed by atoms with Crippen LogP contribution < -0.4 is 0 Å². The number of thioether (sulfide) groups is 1. The third-order valence-electron chi connectivity index (χ3n) is 3.72. The number of hydrogen-bond acceptors (Lipinski definition) is 6. The molecule has 0 saturated heterocycles. The van der Waals surface area contributed by atoms with Crippen LogP contribution in [0.15, 0.2) is 74.7 Å². The normalized spacial score (nSPS) is 10.9. The van der Waals surface area contributed by atoms with Crippen molar-refractivity contribution < 1.29 is 8.91 Å². The number of hydrogen-bond donors (Lipinski definition) is 0. The van der Waals surface area contributed by atoms with Crippen molar-refractivity contribution in [1.82, 2.24) is 20.3 Å². The molecule has 0 unspecified atom stereocenters. The zero-order valence-corrected chi connectivity index (χ0v) is 16.2. The summed E-state index contributed by atoms with van der Waals surface area (Å²) in [6.07, 6.45) is 0. The van der Waals surface area contributed by atoms with E-state index in [-0.39, 0.29) is 5.82 Å². The van der Waals surface area contributed by atoms with E-state index in [1.807, 2.05) is 24.3 Å². The van der Waals surface area contributed by atoms with E-state index >= 15 is 0 Å². The maximum atomic E-state index is 13.8. The molecule has 134 valence electrons. The van der Waals surface area contributed by atoms with Crippen LogP contribution in [0.25, 0.3) is 22.6 Å². The number of rotatable bonds is 5. The molecule has 4 aromatic rings. The van der Waals surface area contributed by atoms with E-state index in [1.54, 1.807) is 30.3 Å². The van der Waals surface area contributed by atoms with Gasteiger partial charge in [0.1, 0.15) is 10.8 Å². The minimum Gasteiger partial charge on any atom is -0.338 e. The van der Waals surface area contributed by atoms with Crippen molar-refractivity contribution in [2.75, 3.05) is 0 Å². The maximum absolute atomic E-state index is 13.8. The number of nitrogens with zero attached hydrogens (tertiary/aromatic N) is 4. The molecule has 0 spiro atoms. The Morgan fingerprint density at radius 3 is 2.44 bits per heavy atom. The van der Waals surface area contributed by atoms with Gasteiger partial charge in [0.2, 0.25) is 11.7 Å². The molecule has 0 radical (unpaired) electrons. The Morgan fingerprint density at radius 1 is 0.926 bits per heavy atom. The maximum Gasteiger partial charge on any atom is 0.237 e. The standard InChI is InChI=1S/C19H12BrFN4OS/c20-14-7-3-1-5-12(14)19-22-17(26-25-19)11-27-18-10-9-16(23-24-18)13-6-2-4-8-15(13)21/h1-10H,11H2. The molecule has 0 N–H and O–H groups in total. The van der Waals surface area contributed by atoms with E-state index in [2.05, 4.69) is 36.3 Å². The molecule has 5 nitrogen and oxygen atoms in total. The van der Waals surface area contributed by atoms with Gasteiger partial charge in [-0.3, -0.25) is 0 Å². The van der Waals surface area contributed by atoms with Gasteiger partial charge in [0.25, 0.3) is 0 Å². The quantitative estimate of drug-likeness (QED) is 0.386. The Hall–Kier alpha value is -2.58. The highest BCUT2D eigenvalue weighted by atomic mass is 79.9. The lowest BCUT2D eigenvalue weighted by atomic mass is 10.1. The van der Waals surface area contributed by atoms with Crippen LogP contribution in [0.1, 0.15) is 5.89 Å². The summed E-state index contributed by atoms with van der Waals surface area (Å²) in [6.45, 7) is 0. The summed E-state index contributed by atoms with van der Waals surface area (Å²) in [6, 6.07) is 17.7. The number of benzene rings is 2. The fraction of sp³-hybridized carbons (Fsp3) is 0.0526. The Bertz CT molecular complexity index is 1070. The van der Waals surface area contributed by atoms with Crippen molar-refractivity contribution in [3.05, 3.63) is 76.8 Å². The Kier molecular flexibility index (Phi) is 5.26. The van der Waals surface area contributed by atoms with Crippen LogP contribution in [0.5, 0.6) is 0 Å². The molecule has 0 atom stereocenters. The highest BCUT2D eigenvalue weighted by Gasteiger charge is 2.12. The summed E-state index contributed by atoms with van der Waals surface area (Å²) in [5.74, 6) is 1.16. The third kappa shape index (κ3) is 4.06. The first kappa shape index (κ1) is 17.8.